The van der Waals surface area contributed by atoms with Crippen LogP contribution in [0.4, 0.5) is 8.78 Å². The highest BCUT2D eigenvalue weighted by atomic mass is 35.5. The minimum atomic E-state index is -3.21. The molecule has 2 N–H and O–H groups in total. The van der Waals surface area contributed by atoms with Gasteiger partial charge in [0.2, 0.25) is 0 Å². The lowest BCUT2D eigenvalue weighted by Gasteiger charge is -2.49. The van der Waals surface area contributed by atoms with Gasteiger partial charge in [-0.3, -0.25) is 14.2 Å². The van der Waals surface area contributed by atoms with E-state index in [4.69, 9.17) is 26.1 Å². The first kappa shape index (κ1) is 44.2. The zero-order valence-corrected chi connectivity index (χ0v) is 34.2. The van der Waals surface area contributed by atoms with E-state index in [0.717, 1.165) is 69.0 Å². The summed E-state index contributed by atoms with van der Waals surface area (Å²) in [6, 6.07) is 0.106. The number of piperidine rings is 1. The molecule has 2 heterocycles. The monoisotopic (exact) mass is 761 g/mol. The van der Waals surface area contributed by atoms with Crippen molar-refractivity contribution in [3.63, 3.8) is 0 Å². The SMILES string of the molecule is CCC.CCCC(CCC[C@H]1CCc2nc(C)n(CCOC3CCC(Cl)CC3C3CC(C)NC(C(CC)C(=O)O)C3C)c(=O)c2C1)OC(F)(F)P. The minimum Gasteiger partial charge on any atom is -0.481 e. The van der Waals surface area contributed by atoms with Crippen molar-refractivity contribution in [1.82, 2.24) is 14.9 Å². The first-order valence-electron chi connectivity index (χ1n) is 19.8. The number of aliphatic carboxylic acids is 1. The number of carboxylic acid groups (broad SMARTS) is 1. The summed E-state index contributed by atoms with van der Waals surface area (Å²) in [5.74, 6) is -2.70. The first-order valence-corrected chi connectivity index (χ1v) is 20.8. The predicted molar refractivity (Wildman–Crippen MR) is 205 cm³/mol. The number of halogens is 3. The third-order valence-corrected chi connectivity index (χ3v) is 11.9. The van der Waals surface area contributed by atoms with E-state index in [2.05, 4.69) is 33.0 Å². The zero-order valence-electron chi connectivity index (χ0n) is 32.3. The molecule has 1 saturated carbocycles. The quantitative estimate of drug-likeness (QED) is 0.128. The highest BCUT2D eigenvalue weighted by Gasteiger charge is 2.46. The van der Waals surface area contributed by atoms with Gasteiger partial charge in [-0.15, -0.1) is 11.6 Å². The van der Waals surface area contributed by atoms with Crippen LogP contribution >= 0.6 is 20.8 Å². The van der Waals surface area contributed by atoms with E-state index >= 15 is 0 Å². The van der Waals surface area contributed by atoms with E-state index in [0.29, 0.717) is 56.5 Å². The van der Waals surface area contributed by atoms with Crippen molar-refractivity contribution in [3.8, 4) is 0 Å². The van der Waals surface area contributed by atoms with E-state index in [1.807, 2.05) is 20.8 Å². The Kier molecular flexibility index (Phi) is 18.2. The molecule has 3 aliphatic rings. The molecule has 1 aliphatic heterocycles. The predicted octanol–water partition coefficient (Wildman–Crippen LogP) is 8.76. The van der Waals surface area contributed by atoms with Crippen LogP contribution in [0.3, 0.4) is 0 Å². The Hall–Kier alpha value is -1.19. The minimum absolute atomic E-state index is 0.000968. The second kappa shape index (κ2) is 21.0. The van der Waals surface area contributed by atoms with Crippen LogP contribution in [0, 0.1) is 36.5 Å². The molecule has 11 atom stereocenters. The molecule has 2 fully saturated rings. The number of hydrogen-bond donors (Lipinski definition) is 2. The van der Waals surface area contributed by atoms with E-state index in [-0.39, 0.29) is 41.0 Å². The number of nitrogens with one attached hydrogen (secondary N) is 1. The Morgan fingerprint density at radius 1 is 1.14 bits per heavy atom. The number of alkyl halides is 3. The molecule has 1 saturated heterocycles. The average molecular weight is 762 g/mol. The molecule has 0 bridgehead atoms. The standard InChI is InChI=1S/C36H59ClF2N3O5P.C3H8/c1-6-9-26(47-36(38,39)48)11-8-10-24-12-14-31-30(19-24)34(43)42(23(5)41-31)16-17-46-32-15-13-25(37)20-29(32)28-18-21(3)40-33(22(28)4)27(7-2)35(44)45;1-3-2/h21-22,24-29,32-33,40H,6-20,48H2,1-5H3,(H,44,45);3H2,1-2H3/t21?,22?,24-,25?,26?,27?,28?,29?,32?,33?;/m0./s1. The normalized spacial score (nSPS) is 29.4. The van der Waals surface area contributed by atoms with Gasteiger partial charge in [0.05, 0.1) is 37.0 Å². The highest BCUT2D eigenvalue weighted by molar-refractivity contribution is 7.17. The van der Waals surface area contributed by atoms with Crippen LogP contribution in [0.5, 0.6) is 0 Å². The lowest BCUT2D eigenvalue weighted by Crippen LogP contribution is -2.57. The Morgan fingerprint density at radius 3 is 2.47 bits per heavy atom. The second-order valence-corrected chi connectivity index (χ2v) is 16.9. The number of ether oxygens (including phenoxy) is 2. The molecule has 4 rings (SSSR count). The van der Waals surface area contributed by atoms with Crippen LogP contribution in [-0.4, -0.2) is 62.8 Å². The maximum Gasteiger partial charge on any atom is 0.367 e. The van der Waals surface area contributed by atoms with Crippen molar-refractivity contribution in [2.45, 2.75) is 180 Å². The fourth-order valence-corrected chi connectivity index (χ4v) is 9.52. The van der Waals surface area contributed by atoms with Crippen LogP contribution in [0.15, 0.2) is 4.79 Å². The molecule has 8 nitrogen and oxygen atoms in total. The second-order valence-electron chi connectivity index (χ2n) is 15.6. The van der Waals surface area contributed by atoms with Crippen molar-refractivity contribution in [3.05, 3.63) is 27.4 Å². The van der Waals surface area contributed by atoms with Crippen molar-refractivity contribution < 1.29 is 28.2 Å². The van der Waals surface area contributed by atoms with Gasteiger partial charge in [-0.1, -0.05) is 60.3 Å². The van der Waals surface area contributed by atoms with Gasteiger partial charge in [-0.05, 0) is 111 Å². The molecule has 51 heavy (non-hydrogen) atoms. The smallest absolute Gasteiger partial charge is 0.367 e. The topological polar surface area (TPSA) is 103 Å². The van der Waals surface area contributed by atoms with Gasteiger partial charge in [-0.2, -0.15) is 8.78 Å². The third-order valence-electron chi connectivity index (χ3n) is 11.4. The molecule has 12 heteroatoms. The molecule has 1 aromatic heterocycles. The molecular formula is C39H67ClF2N3O5P. The molecule has 294 valence electrons. The largest absolute Gasteiger partial charge is 0.481 e. The number of carbonyl (C=O) groups is 1. The van der Waals surface area contributed by atoms with Crippen molar-refractivity contribution in [1.29, 1.82) is 0 Å². The van der Waals surface area contributed by atoms with E-state index in [1.165, 1.54) is 15.7 Å². The number of carboxylic acids is 1. The fourth-order valence-electron chi connectivity index (χ4n) is 8.99. The van der Waals surface area contributed by atoms with Crippen LogP contribution in [0.1, 0.15) is 136 Å². The number of hydrogen-bond acceptors (Lipinski definition) is 6. The van der Waals surface area contributed by atoms with Gasteiger partial charge in [0, 0.05) is 23.0 Å². The van der Waals surface area contributed by atoms with Gasteiger partial charge in [-0.25, -0.2) is 4.98 Å². The first-order chi connectivity index (χ1) is 24.1. The molecule has 0 spiro atoms. The maximum absolute atomic E-state index is 13.8. The summed E-state index contributed by atoms with van der Waals surface area (Å²) in [4.78, 5) is 30.7. The average Bonchev–Trinajstić information content (AvgIpc) is 3.05. The molecule has 0 aromatic carbocycles. The van der Waals surface area contributed by atoms with E-state index in [9.17, 15) is 23.5 Å². The fraction of sp³-hybridized carbons (Fsp3) is 0.872. The Labute approximate surface area is 313 Å². The summed E-state index contributed by atoms with van der Waals surface area (Å²) in [6.45, 7) is 15.2. The molecular weight excluding hydrogens is 695 g/mol. The van der Waals surface area contributed by atoms with Crippen LogP contribution in [0.2, 0.25) is 0 Å². The molecule has 10 unspecified atom stereocenters. The van der Waals surface area contributed by atoms with Gasteiger partial charge in [0.25, 0.3) is 5.56 Å². The van der Waals surface area contributed by atoms with Crippen molar-refractivity contribution in [2.24, 2.45) is 29.6 Å². The number of fused-ring (bicyclic) bond motifs is 1. The summed E-state index contributed by atoms with van der Waals surface area (Å²) in [5, 5.41) is 13.6. The van der Waals surface area contributed by atoms with Crippen molar-refractivity contribution in [2.75, 3.05) is 6.61 Å². The summed E-state index contributed by atoms with van der Waals surface area (Å²) in [5.41, 5.74) is 1.67. The highest BCUT2D eigenvalue weighted by Crippen LogP contribution is 2.44. The Bertz CT molecular complexity index is 1280. The van der Waals surface area contributed by atoms with Gasteiger partial charge in [0.1, 0.15) is 5.82 Å². The van der Waals surface area contributed by atoms with E-state index in [1.54, 1.807) is 4.57 Å². The molecule has 1 aromatic rings. The van der Waals surface area contributed by atoms with Gasteiger partial charge in [0.15, 0.2) is 0 Å². The lowest BCUT2D eigenvalue weighted by atomic mass is 9.65. The Morgan fingerprint density at radius 2 is 1.84 bits per heavy atom. The number of rotatable bonds is 16. The number of aryl methyl sites for hydroxylation is 2. The Balaban J connectivity index is 0.00000226. The van der Waals surface area contributed by atoms with Crippen molar-refractivity contribution >= 4 is 26.8 Å². The molecule has 2 aliphatic carbocycles. The van der Waals surface area contributed by atoms with Crippen LogP contribution in [-0.2, 0) is 33.7 Å². The number of nitrogens with zero attached hydrogens (tertiary/aromatic N) is 2. The number of aromatic nitrogens is 2. The van der Waals surface area contributed by atoms with Gasteiger partial charge < -0.3 is 19.9 Å². The van der Waals surface area contributed by atoms with E-state index < -0.39 is 23.8 Å². The third kappa shape index (κ3) is 13.0. The van der Waals surface area contributed by atoms with Crippen LogP contribution < -0.4 is 10.9 Å². The zero-order chi connectivity index (χ0) is 37.9. The lowest BCUT2D eigenvalue weighted by molar-refractivity contribution is -0.197. The maximum atomic E-state index is 13.8. The summed E-state index contributed by atoms with van der Waals surface area (Å²) >= 11 is 6.74. The summed E-state index contributed by atoms with van der Waals surface area (Å²) in [7, 11) is 1.47. The summed E-state index contributed by atoms with van der Waals surface area (Å²) < 4.78 is 40.2. The van der Waals surface area contributed by atoms with Gasteiger partial charge >= 0.3 is 11.8 Å². The molecule has 0 amide bonds. The molecule has 0 radical (unpaired) electrons. The summed E-state index contributed by atoms with van der Waals surface area (Å²) in [6.07, 6.45) is 10.8. The van der Waals surface area contributed by atoms with Crippen LogP contribution in [0.25, 0.3) is 0 Å².